The van der Waals surface area contributed by atoms with E-state index in [1.165, 1.54) is 5.56 Å². The predicted octanol–water partition coefficient (Wildman–Crippen LogP) is 1.65. The van der Waals surface area contributed by atoms with Crippen molar-refractivity contribution in [2.24, 2.45) is 5.41 Å². The minimum absolute atomic E-state index is 0.0650. The maximum Gasteiger partial charge on any atom is 0.219 e. The van der Waals surface area contributed by atoms with Crippen LogP contribution in [0.3, 0.4) is 0 Å². The van der Waals surface area contributed by atoms with Gasteiger partial charge in [-0.15, -0.1) is 0 Å². The lowest BCUT2D eigenvalue weighted by atomic mass is 9.71. The van der Waals surface area contributed by atoms with Gasteiger partial charge >= 0.3 is 0 Å². The van der Waals surface area contributed by atoms with Crippen LogP contribution in [-0.2, 0) is 11.3 Å². The van der Waals surface area contributed by atoms with Crippen molar-refractivity contribution in [1.82, 2.24) is 9.80 Å². The van der Waals surface area contributed by atoms with Crippen molar-refractivity contribution < 1.29 is 19.4 Å². The van der Waals surface area contributed by atoms with E-state index in [2.05, 4.69) is 11.0 Å². The van der Waals surface area contributed by atoms with Crippen LogP contribution in [0.4, 0.5) is 0 Å². The number of benzene rings is 1. The van der Waals surface area contributed by atoms with E-state index in [9.17, 15) is 9.90 Å². The first kappa shape index (κ1) is 17.6. The molecule has 4 rings (SSSR count). The van der Waals surface area contributed by atoms with E-state index in [0.717, 1.165) is 56.9 Å². The number of hydrogen-bond donors (Lipinski definition) is 1. The molecule has 1 spiro atoms. The summed E-state index contributed by atoms with van der Waals surface area (Å²) < 4.78 is 11.5. The normalized spacial score (nSPS) is 25.3. The Kier molecular flexibility index (Phi) is 4.80. The van der Waals surface area contributed by atoms with Crippen LogP contribution in [0.15, 0.2) is 18.2 Å². The number of carbonyl (C=O) groups excluding carboxylic acids is 1. The third-order valence-corrected chi connectivity index (χ3v) is 6.03. The standard InChI is InChI=1S/C20H28N2O4/c1-15(23)22-13-17(24)11-20(14-22)5-7-21(8-6-20)12-16-3-2-4-18-19(16)26-10-9-25-18/h2-4,17,24H,5-14H2,1H3. The topological polar surface area (TPSA) is 62.2 Å². The van der Waals surface area contributed by atoms with Crippen LogP contribution in [0.1, 0.15) is 31.7 Å². The van der Waals surface area contributed by atoms with Gasteiger partial charge in [0, 0.05) is 32.1 Å². The number of β-amino-alcohol motifs (C(OH)–C–C–N with tert-alkyl or cyclic N) is 1. The second kappa shape index (κ2) is 7.08. The third-order valence-electron chi connectivity index (χ3n) is 6.03. The van der Waals surface area contributed by atoms with Crippen LogP contribution in [0, 0.1) is 5.41 Å². The largest absolute Gasteiger partial charge is 0.486 e. The van der Waals surface area contributed by atoms with Crippen molar-refractivity contribution in [3.05, 3.63) is 23.8 Å². The number of amides is 1. The van der Waals surface area contributed by atoms with Crippen molar-refractivity contribution in [2.75, 3.05) is 39.4 Å². The smallest absolute Gasteiger partial charge is 0.219 e. The Bertz CT molecular complexity index is 670. The molecule has 3 aliphatic rings. The molecule has 2 saturated heterocycles. The van der Waals surface area contributed by atoms with Gasteiger partial charge in [-0.3, -0.25) is 9.69 Å². The van der Waals surface area contributed by atoms with Gasteiger partial charge < -0.3 is 19.5 Å². The minimum atomic E-state index is -0.397. The Hall–Kier alpha value is -1.79. The molecule has 3 aliphatic heterocycles. The fraction of sp³-hybridized carbons (Fsp3) is 0.650. The summed E-state index contributed by atoms with van der Waals surface area (Å²) in [5.74, 6) is 1.79. The van der Waals surface area contributed by atoms with Crippen LogP contribution in [0.25, 0.3) is 0 Å². The van der Waals surface area contributed by atoms with Crippen molar-refractivity contribution in [3.63, 3.8) is 0 Å². The van der Waals surface area contributed by atoms with Crippen molar-refractivity contribution in [1.29, 1.82) is 0 Å². The van der Waals surface area contributed by atoms with E-state index in [-0.39, 0.29) is 11.3 Å². The van der Waals surface area contributed by atoms with Gasteiger partial charge in [0.05, 0.1) is 6.10 Å². The molecular weight excluding hydrogens is 332 g/mol. The molecule has 1 amide bonds. The zero-order valence-electron chi connectivity index (χ0n) is 15.4. The molecule has 1 unspecified atom stereocenters. The number of ether oxygens (including phenoxy) is 2. The van der Waals surface area contributed by atoms with Gasteiger partial charge in [0.25, 0.3) is 0 Å². The van der Waals surface area contributed by atoms with E-state index in [4.69, 9.17) is 9.47 Å². The lowest BCUT2D eigenvalue weighted by Gasteiger charge is -2.49. The molecular formula is C20H28N2O4. The third kappa shape index (κ3) is 3.53. The van der Waals surface area contributed by atoms with E-state index in [1.54, 1.807) is 6.92 Å². The van der Waals surface area contributed by atoms with Gasteiger partial charge in [0.1, 0.15) is 13.2 Å². The first-order chi connectivity index (χ1) is 12.5. The van der Waals surface area contributed by atoms with Gasteiger partial charge in [-0.05, 0) is 43.8 Å². The monoisotopic (exact) mass is 360 g/mol. The fourth-order valence-corrected chi connectivity index (χ4v) is 4.64. The van der Waals surface area contributed by atoms with Crippen molar-refractivity contribution >= 4 is 5.91 Å². The van der Waals surface area contributed by atoms with Gasteiger partial charge in [-0.1, -0.05) is 12.1 Å². The average Bonchev–Trinajstić information content (AvgIpc) is 2.63. The Morgan fingerprint density at radius 2 is 2.04 bits per heavy atom. The number of carbonyl (C=O) groups is 1. The first-order valence-corrected chi connectivity index (χ1v) is 9.58. The fourth-order valence-electron chi connectivity index (χ4n) is 4.64. The van der Waals surface area contributed by atoms with E-state index < -0.39 is 6.10 Å². The molecule has 0 saturated carbocycles. The quantitative estimate of drug-likeness (QED) is 0.869. The summed E-state index contributed by atoms with van der Waals surface area (Å²) in [6.07, 6.45) is 2.44. The zero-order chi connectivity index (χ0) is 18.1. The number of aliphatic hydroxyl groups excluding tert-OH is 1. The van der Waals surface area contributed by atoms with Crippen LogP contribution < -0.4 is 9.47 Å². The summed E-state index contributed by atoms with van der Waals surface area (Å²) in [5, 5.41) is 10.2. The number of fused-ring (bicyclic) bond motifs is 1. The summed E-state index contributed by atoms with van der Waals surface area (Å²) in [4.78, 5) is 16.1. The SMILES string of the molecule is CC(=O)N1CC(O)CC2(CCN(Cc3cccc4c3OCCO4)CC2)C1. The number of aliphatic hydroxyl groups is 1. The number of para-hydroxylation sites is 1. The highest BCUT2D eigenvalue weighted by Gasteiger charge is 2.42. The highest BCUT2D eigenvalue weighted by molar-refractivity contribution is 5.73. The predicted molar refractivity (Wildman–Crippen MR) is 97.3 cm³/mol. The van der Waals surface area contributed by atoms with Gasteiger partial charge in [0.15, 0.2) is 11.5 Å². The lowest BCUT2D eigenvalue weighted by molar-refractivity contribution is -0.138. The van der Waals surface area contributed by atoms with Gasteiger partial charge in [-0.25, -0.2) is 0 Å². The van der Waals surface area contributed by atoms with E-state index in [1.807, 2.05) is 17.0 Å². The Morgan fingerprint density at radius 3 is 2.81 bits per heavy atom. The van der Waals surface area contributed by atoms with E-state index >= 15 is 0 Å². The average molecular weight is 360 g/mol. The molecule has 6 heteroatoms. The number of rotatable bonds is 2. The minimum Gasteiger partial charge on any atom is -0.486 e. The Labute approximate surface area is 154 Å². The first-order valence-electron chi connectivity index (χ1n) is 9.58. The van der Waals surface area contributed by atoms with Crippen molar-refractivity contribution in [3.8, 4) is 11.5 Å². The number of likely N-dealkylation sites (tertiary alicyclic amines) is 2. The summed E-state index contributed by atoms with van der Waals surface area (Å²) in [6.45, 7) is 6.87. The number of hydrogen-bond acceptors (Lipinski definition) is 5. The second-order valence-electron chi connectivity index (χ2n) is 7.97. The van der Waals surface area contributed by atoms with Crippen LogP contribution >= 0.6 is 0 Å². The van der Waals surface area contributed by atoms with Gasteiger partial charge in [-0.2, -0.15) is 0 Å². The summed E-state index contributed by atoms with van der Waals surface area (Å²) in [5.41, 5.74) is 1.24. The number of nitrogens with zero attached hydrogens (tertiary/aromatic N) is 2. The lowest BCUT2D eigenvalue weighted by Crippen LogP contribution is -2.54. The van der Waals surface area contributed by atoms with Crippen LogP contribution in [0.2, 0.25) is 0 Å². The molecule has 6 nitrogen and oxygen atoms in total. The maximum absolute atomic E-state index is 11.8. The summed E-state index contributed by atoms with van der Waals surface area (Å²) in [7, 11) is 0. The molecule has 0 aromatic heterocycles. The molecule has 1 aromatic rings. The highest BCUT2D eigenvalue weighted by atomic mass is 16.6. The maximum atomic E-state index is 11.8. The molecule has 2 fully saturated rings. The molecule has 1 atom stereocenters. The highest BCUT2D eigenvalue weighted by Crippen LogP contribution is 2.41. The molecule has 26 heavy (non-hydrogen) atoms. The second-order valence-corrected chi connectivity index (χ2v) is 7.97. The molecule has 3 heterocycles. The van der Waals surface area contributed by atoms with E-state index in [0.29, 0.717) is 19.8 Å². The Morgan fingerprint density at radius 1 is 1.27 bits per heavy atom. The molecule has 142 valence electrons. The molecule has 1 N–H and O–H groups in total. The summed E-state index contributed by atoms with van der Waals surface area (Å²) >= 11 is 0. The van der Waals surface area contributed by atoms with Crippen LogP contribution in [-0.4, -0.2) is 66.3 Å². The molecule has 0 bridgehead atoms. The van der Waals surface area contributed by atoms with Crippen molar-refractivity contribution in [2.45, 2.75) is 38.8 Å². The molecule has 1 aromatic carbocycles. The summed E-state index contributed by atoms with van der Waals surface area (Å²) in [6, 6.07) is 6.10. The number of piperidine rings is 2. The Balaban J connectivity index is 1.40. The zero-order valence-corrected chi connectivity index (χ0v) is 15.4. The molecule has 0 aliphatic carbocycles. The van der Waals surface area contributed by atoms with Crippen LogP contribution in [0.5, 0.6) is 11.5 Å². The molecule has 0 radical (unpaired) electrons. The van der Waals surface area contributed by atoms with Gasteiger partial charge in [0.2, 0.25) is 5.91 Å².